The van der Waals surface area contributed by atoms with Gasteiger partial charge in [-0.1, -0.05) is 17.7 Å². The van der Waals surface area contributed by atoms with Gasteiger partial charge in [0, 0.05) is 17.3 Å². The maximum absolute atomic E-state index is 8.87. The van der Waals surface area contributed by atoms with E-state index in [1.54, 1.807) is 0 Å². The van der Waals surface area contributed by atoms with Gasteiger partial charge in [-0.05, 0) is 44.9 Å². The molecule has 1 N–H and O–H groups in total. The highest BCUT2D eigenvalue weighted by molar-refractivity contribution is 6.31. The van der Waals surface area contributed by atoms with Gasteiger partial charge in [0.25, 0.3) is 0 Å². The lowest BCUT2D eigenvalue weighted by molar-refractivity contribution is 0.466. The Kier molecular flexibility index (Phi) is 4.20. The van der Waals surface area contributed by atoms with Crippen LogP contribution in [0.25, 0.3) is 0 Å². The molecule has 0 atom stereocenters. The van der Waals surface area contributed by atoms with Gasteiger partial charge in [-0.25, -0.2) is 0 Å². The zero-order chi connectivity index (χ0) is 12.2. The van der Waals surface area contributed by atoms with E-state index >= 15 is 0 Å². The monoisotopic (exact) mass is 236 g/mol. The molecule has 1 aromatic carbocycles. The van der Waals surface area contributed by atoms with E-state index in [1.807, 2.05) is 39.0 Å². The number of anilines is 1. The molecule has 3 heteroatoms. The summed E-state index contributed by atoms with van der Waals surface area (Å²) in [5.41, 5.74) is 1.80. The first-order valence-corrected chi connectivity index (χ1v) is 5.74. The predicted molar refractivity (Wildman–Crippen MR) is 68.7 cm³/mol. The molecule has 0 aliphatic heterocycles. The summed E-state index contributed by atoms with van der Waals surface area (Å²) in [5, 5.41) is 12.9. The van der Waals surface area contributed by atoms with E-state index in [0.29, 0.717) is 0 Å². The molecule has 0 aliphatic carbocycles. The molecule has 86 valence electrons. The first-order chi connectivity index (χ1) is 7.44. The predicted octanol–water partition coefficient (Wildman–Crippen LogP) is 4.00. The summed E-state index contributed by atoms with van der Waals surface area (Å²) >= 11 is 6.02. The Morgan fingerprint density at radius 2 is 2.12 bits per heavy atom. The van der Waals surface area contributed by atoms with Crippen molar-refractivity contribution in [2.75, 3.05) is 11.9 Å². The Morgan fingerprint density at radius 3 is 2.69 bits per heavy atom. The van der Waals surface area contributed by atoms with Gasteiger partial charge in [0.1, 0.15) is 0 Å². The summed E-state index contributed by atoms with van der Waals surface area (Å²) < 4.78 is 0. The van der Waals surface area contributed by atoms with Crippen LogP contribution in [0.5, 0.6) is 0 Å². The molecule has 0 amide bonds. The van der Waals surface area contributed by atoms with Crippen LogP contribution in [0.1, 0.15) is 25.8 Å². The average molecular weight is 237 g/mol. The van der Waals surface area contributed by atoms with Crippen LogP contribution in [0.4, 0.5) is 5.69 Å². The summed E-state index contributed by atoms with van der Waals surface area (Å²) in [5.74, 6) is 0. The van der Waals surface area contributed by atoms with Gasteiger partial charge >= 0.3 is 0 Å². The maximum atomic E-state index is 8.87. The largest absolute Gasteiger partial charge is 0.385 e. The van der Waals surface area contributed by atoms with Crippen LogP contribution in [0.3, 0.4) is 0 Å². The van der Waals surface area contributed by atoms with Gasteiger partial charge in [0.15, 0.2) is 0 Å². The van der Waals surface area contributed by atoms with E-state index in [2.05, 4.69) is 11.4 Å². The molecule has 0 aliphatic rings. The van der Waals surface area contributed by atoms with Gasteiger partial charge in [0.05, 0.1) is 11.5 Å². The lowest BCUT2D eigenvalue weighted by atomic mass is 9.91. The number of benzene rings is 1. The molecule has 0 aromatic heterocycles. The van der Waals surface area contributed by atoms with Crippen molar-refractivity contribution in [2.24, 2.45) is 5.41 Å². The highest BCUT2D eigenvalue weighted by Crippen LogP contribution is 2.22. The molecule has 1 rings (SSSR count). The summed E-state index contributed by atoms with van der Waals surface area (Å²) in [6.07, 6.45) is 0.814. The van der Waals surface area contributed by atoms with Crippen molar-refractivity contribution in [3.63, 3.8) is 0 Å². The zero-order valence-electron chi connectivity index (χ0n) is 9.97. The van der Waals surface area contributed by atoms with Crippen molar-refractivity contribution in [1.29, 1.82) is 5.26 Å². The Bertz CT molecular complexity index is 405. The van der Waals surface area contributed by atoms with Crippen molar-refractivity contribution < 1.29 is 0 Å². The molecule has 0 radical (unpaired) electrons. The third kappa shape index (κ3) is 3.75. The second kappa shape index (κ2) is 5.23. The van der Waals surface area contributed by atoms with Crippen molar-refractivity contribution in [2.45, 2.75) is 27.2 Å². The highest BCUT2D eigenvalue weighted by atomic mass is 35.5. The first-order valence-electron chi connectivity index (χ1n) is 5.36. The van der Waals surface area contributed by atoms with E-state index in [9.17, 15) is 0 Å². The van der Waals surface area contributed by atoms with Crippen molar-refractivity contribution in [3.05, 3.63) is 28.8 Å². The molecular weight excluding hydrogens is 220 g/mol. The van der Waals surface area contributed by atoms with Gasteiger partial charge in [-0.2, -0.15) is 5.26 Å². The van der Waals surface area contributed by atoms with Gasteiger partial charge < -0.3 is 5.32 Å². The van der Waals surface area contributed by atoms with Crippen LogP contribution < -0.4 is 5.32 Å². The smallest absolute Gasteiger partial charge is 0.0684 e. The lowest BCUT2D eigenvalue weighted by Crippen LogP contribution is -2.14. The lowest BCUT2D eigenvalue weighted by Gasteiger charge is -2.15. The van der Waals surface area contributed by atoms with Gasteiger partial charge in [-0.3, -0.25) is 0 Å². The van der Waals surface area contributed by atoms with Crippen LogP contribution in [-0.2, 0) is 0 Å². The minimum atomic E-state index is -0.276. The van der Waals surface area contributed by atoms with Crippen LogP contribution in [0.2, 0.25) is 5.02 Å². The third-order valence-electron chi connectivity index (χ3n) is 2.55. The topological polar surface area (TPSA) is 35.8 Å². The molecule has 16 heavy (non-hydrogen) atoms. The molecule has 0 fully saturated rings. The quantitative estimate of drug-likeness (QED) is 0.858. The van der Waals surface area contributed by atoms with Crippen molar-refractivity contribution >= 4 is 17.3 Å². The molecule has 0 unspecified atom stereocenters. The molecule has 0 bridgehead atoms. The Morgan fingerprint density at radius 1 is 1.44 bits per heavy atom. The SMILES string of the molecule is Cc1ccc(NCCC(C)(C)C#N)cc1Cl. The number of nitrogens with zero attached hydrogens (tertiary/aromatic N) is 1. The third-order valence-corrected chi connectivity index (χ3v) is 2.96. The Hall–Kier alpha value is -1.20. The molecule has 1 aromatic rings. The molecule has 0 spiro atoms. The van der Waals surface area contributed by atoms with Gasteiger partial charge in [-0.15, -0.1) is 0 Å². The standard InChI is InChI=1S/C13H17ClN2/c1-10-4-5-11(8-12(10)14)16-7-6-13(2,3)9-15/h4-5,8,16H,6-7H2,1-3H3. The normalized spacial score (nSPS) is 10.9. The summed E-state index contributed by atoms with van der Waals surface area (Å²) in [7, 11) is 0. The van der Waals surface area contributed by atoms with E-state index in [1.165, 1.54) is 0 Å². The van der Waals surface area contributed by atoms with Crippen LogP contribution >= 0.6 is 11.6 Å². The fraction of sp³-hybridized carbons (Fsp3) is 0.462. The van der Waals surface area contributed by atoms with Crippen LogP contribution in [0.15, 0.2) is 18.2 Å². The second-order valence-corrected chi connectivity index (χ2v) is 5.04. The number of nitriles is 1. The maximum Gasteiger partial charge on any atom is 0.0684 e. The second-order valence-electron chi connectivity index (χ2n) is 4.64. The fourth-order valence-electron chi connectivity index (χ4n) is 1.28. The number of halogens is 1. The van der Waals surface area contributed by atoms with Crippen molar-refractivity contribution in [3.8, 4) is 6.07 Å². The van der Waals surface area contributed by atoms with E-state index in [4.69, 9.17) is 16.9 Å². The van der Waals surface area contributed by atoms with Crippen molar-refractivity contribution in [1.82, 2.24) is 0 Å². The average Bonchev–Trinajstić information content (AvgIpc) is 2.23. The molecular formula is C13H17ClN2. The zero-order valence-corrected chi connectivity index (χ0v) is 10.7. The fourth-order valence-corrected chi connectivity index (χ4v) is 1.46. The Balaban J connectivity index is 2.50. The summed E-state index contributed by atoms with van der Waals surface area (Å²) in [4.78, 5) is 0. The first kappa shape index (κ1) is 12.9. The summed E-state index contributed by atoms with van der Waals surface area (Å²) in [6, 6.07) is 8.18. The molecule has 2 nitrogen and oxygen atoms in total. The molecule has 0 saturated carbocycles. The number of aryl methyl sites for hydroxylation is 1. The van der Waals surface area contributed by atoms with Gasteiger partial charge in [0.2, 0.25) is 0 Å². The molecule has 0 saturated heterocycles. The summed E-state index contributed by atoms with van der Waals surface area (Å²) in [6.45, 7) is 6.64. The highest BCUT2D eigenvalue weighted by Gasteiger charge is 2.15. The van der Waals surface area contributed by atoms with E-state index in [0.717, 1.165) is 29.2 Å². The minimum absolute atomic E-state index is 0.276. The van der Waals surface area contributed by atoms with E-state index < -0.39 is 0 Å². The number of hydrogen-bond donors (Lipinski definition) is 1. The number of rotatable bonds is 4. The number of nitrogens with one attached hydrogen (secondary N) is 1. The number of hydrogen-bond acceptors (Lipinski definition) is 2. The van der Waals surface area contributed by atoms with Crippen LogP contribution in [0, 0.1) is 23.7 Å². The molecule has 0 heterocycles. The van der Waals surface area contributed by atoms with Crippen LogP contribution in [-0.4, -0.2) is 6.54 Å². The Labute approximate surface area is 102 Å². The minimum Gasteiger partial charge on any atom is -0.385 e. The van der Waals surface area contributed by atoms with E-state index in [-0.39, 0.29) is 5.41 Å².